The van der Waals surface area contributed by atoms with Crippen molar-refractivity contribution < 1.29 is 24.2 Å². The van der Waals surface area contributed by atoms with Gasteiger partial charge in [-0.15, -0.1) is 0 Å². The summed E-state index contributed by atoms with van der Waals surface area (Å²) in [6.45, 7) is 8.49. The number of hydrogen-bond acceptors (Lipinski definition) is 5. The predicted octanol–water partition coefficient (Wildman–Crippen LogP) is 5.59. The molecule has 34 heavy (non-hydrogen) atoms. The van der Waals surface area contributed by atoms with Crippen molar-refractivity contribution in [3.05, 3.63) is 35.9 Å². The van der Waals surface area contributed by atoms with Gasteiger partial charge in [-0.3, -0.25) is 9.59 Å². The van der Waals surface area contributed by atoms with E-state index in [0.29, 0.717) is 25.2 Å². The zero-order valence-corrected chi connectivity index (χ0v) is 21.1. The number of aliphatic hydroxyl groups excluding tert-OH is 1. The smallest absolute Gasteiger partial charge is 0.302 e. The van der Waals surface area contributed by atoms with Crippen LogP contribution in [-0.4, -0.2) is 35.7 Å². The van der Waals surface area contributed by atoms with E-state index in [0.717, 1.165) is 43.4 Å². The van der Waals surface area contributed by atoms with Crippen molar-refractivity contribution in [2.24, 2.45) is 28.6 Å². The topological polar surface area (TPSA) is 72.8 Å². The fourth-order valence-corrected chi connectivity index (χ4v) is 7.08. The highest BCUT2D eigenvalue weighted by Gasteiger charge is 2.59. The number of carbonyl (C=O) groups excluding carboxylic acids is 2. The number of allylic oxidation sites excluding steroid dienone is 1. The zero-order valence-electron chi connectivity index (χ0n) is 21.1. The Morgan fingerprint density at radius 1 is 1.12 bits per heavy atom. The number of carbonyl (C=O) groups is 2. The molecule has 0 aliphatic heterocycles. The van der Waals surface area contributed by atoms with Crippen LogP contribution in [0.1, 0.15) is 78.2 Å². The van der Waals surface area contributed by atoms with Crippen molar-refractivity contribution in [1.82, 2.24) is 0 Å². The van der Waals surface area contributed by atoms with E-state index in [4.69, 9.17) is 9.47 Å². The Kier molecular flexibility index (Phi) is 7.23. The van der Waals surface area contributed by atoms with Crippen molar-refractivity contribution >= 4 is 17.8 Å². The molecule has 1 aromatic carbocycles. The van der Waals surface area contributed by atoms with E-state index in [1.54, 1.807) is 0 Å². The highest BCUT2D eigenvalue weighted by molar-refractivity contribution is 5.87. The quantitative estimate of drug-likeness (QED) is 0.551. The Morgan fingerprint density at radius 3 is 2.53 bits per heavy atom. The Hall–Kier alpha value is -2.14. The average Bonchev–Trinajstić information content (AvgIpc) is 3.10. The van der Waals surface area contributed by atoms with Gasteiger partial charge >= 0.3 is 5.97 Å². The molecule has 186 valence electrons. The highest BCUT2D eigenvalue weighted by Crippen LogP contribution is 2.60. The van der Waals surface area contributed by atoms with Crippen molar-refractivity contribution in [1.29, 1.82) is 0 Å². The highest BCUT2D eigenvalue weighted by atomic mass is 16.5. The van der Waals surface area contributed by atoms with Crippen LogP contribution in [-0.2, 0) is 14.3 Å². The van der Waals surface area contributed by atoms with Crippen molar-refractivity contribution in [3.63, 3.8) is 0 Å². The average molecular weight is 469 g/mol. The standard InChI is InChI=1S/C29H40O5/c1-5-33-23-10-7-20(8-11-23)6-9-21-18-22(31)14-16-28(21,3)25-15-17-29(4)24(12-13-26(29)32)27(25)34-19(2)30/h6-11,21-22,24-25,27,31H,5,12-18H2,1-4H3/b9-6+/t21-,22-,24?,25?,27-,28-,29-/m0/s1. The van der Waals surface area contributed by atoms with E-state index in [1.165, 1.54) is 6.92 Å². The van der Waals surface area contributed by atoms with E-state index >= 15 is 0 Å². The first-order valence-corrected chi connectivity index (χ1v) is 13.0. The number of rotatable bonds is 6. The molecule has 0 heterocycles. The maximum absolute atomic E-state index is 12.8. The van der Waals surface area contributed by atoms with Gasteiger partial charge in [-0.05, 0) is 74.5 Å². The molecule has 3 aliphatic rings. The molecule has 0 amide bonds. The molecule has 3 aliphatic carbocycles. The molecule has 5 heteroatoms. The molecule has 4 rings (SSSR count). The number of esters is 1. The predicted molar refractivity (Wildman–Crippen MR) is 132 cm³/mol. The van der Waals surface area contributed by atoms with E-state index in [9.17, 15) is 14.7 Å². The van der Waals surface area contributed by atoms with Gasteiger partial charge < -0.3 is 14.6 Å². The fraction of sp³-hybridized carbons (Fsp3) is 0.655. The number of ether oxygens (including phenoxy) is 2. The third-order valence-corrected chi connectivity index (χ3v) is 9.16. The van der Waals surface area contributed by atoms with Crippen LogP contribution in [0.25, 0.3) is 6.08 Å². The lowest BCUT2D eigenvalue weighted by Gasteiger charge is -2.55. The summed E-state index contributed by atoms with van der Waals surface area (Å²) in [5.41, 5.74) is 0.600. The third-order valence-electron chi connectivity index (χ3n) is 9.16. The van der Waals surface area contributed by atoms with Crippen molar-refractivity contribution in [2.45, 2.75) is 84.8 Å². The first kappa shape index (κ1) is 25.0. The molecule has 1 N–H and O–H groups in total. The van der Waals surface area contributed by atoms with Gasteiger partial charge in [0.05, 0.1) is 12.7 Å². The lowest BCUT2D eigenvalue weighted by Crippen LogP contribution is -2.54. The van der Waals surface area contributed by atoms with Gasteiger partial charge in [0.1, 0.15) is 17.6 Å². The van der Waals surface area contributed by atoms with Gasteiger partial charge in [-0.2, -0.15) is 0 Å². The number of Topliss-reactive ketones (excluding diaryl/α,β-unsaturated/α-hetero) is 1. The maximum atomic E-state index is 12.8. The van der Waals surface area contributed by atoms with Gasteiger partial charge in [-0.1, -0.05) is 38.1 Å². The largest absolute Gasteiger partial charge is 0.494 e. The molecule has 0 aromatic heterocycles. The minimum absolute atomic E-state index is 0.0852. The molecular formula is C29H40O5. The van der Waals surface area contributed by atoms with Gasteiger partial charge in [0.2, 0.25) is 0 Å². The van der Waals surface area contributed by atoms with Gasteiger partial charge in [0.15, 0.2) is 0 Å². The van der Waals surface area contributed by atoms with Gasteiger partial charge in [-0.25, -0.2) is 0 Å². The normalized spacial score (nSPS) is 38.0. The van der Waals surface area contributed by atoms with E-state index in [1.807, 2.05) is 19.1 Å². The molecule has 2 unspecified atom stereocenters. The van der Waals surface area contributed by atoms with Crippen LogP contribution < -0.4 is 4.74 Å². The van der Waals surface area contributed by atoms with Gasteiger partial charge in [0.25, 0.3) is 0 Å². The molecule has 0 bridgehead atoms. The molecule has 0 radical (unpaired) electrons. The number of hydrogen-bond donors (Lipinski definition) is 1. The summed E-state index contributed by atoms with van der Waals surface area (Å²) in [5.74, 6) is 1.33. The second kappa shape index (κ2) is 9.85. The molecule has 1 aromatic rings. The summed E-state index contributed by atoms with van der Waals surface area (Å²) in [5, 5.41) is 10.6. The second-order valence-corrected chi connectivity index (χ2v) is 11.1. The van der Waals surface area contributed by atoms with Crippen LogP contribution in [0.3, 0.4) is 0 Å². The summed E-state index contributed by atoms with van der Waals surface area (Å²) in [4.78, 5) is 24.9. The Morgan fingerprint density at radius 2 is 1.85 bits per heavy atom. The fourth-order valence-electron chi connectivity index (χ4n) is 7.08. The molecule has 7 atom stereocenters. The summed E-state index contributed by atoms with van der Waals surface area (Å²) >= 11 is 0. The monoisotopic (exact) mass is 468 g/mol. The van der Waals surface area contributed by atoms with E-state index in [-0.39, 0.29) is 46.8 Å². The number of benzene rings is 1. The van der Waals surface area contributed by atoms with Gasteiger partial charge in [0, 0.05) is 30.6 Å². The van der Waals surface area contributed by atoms with E-state index < -0.39 is 0 Å². The van der Waals surface area contributed by atoms with E-state index in [2.05, 4.69) is 38.1 Å². The van der Waals surface area contributed by atoms with Crippen LogP contribution >= 0.6 is 0 Å². The Balaban J connectivity index is 1.62. The molecule has 0 saturated heterocycles. The maximum Gasteiger partial charge on any atom is 0.302 e. The lowest BCUT2D eigenvalue weighted by atomic mass is 9.52. The number of aliphatic hydroxyl groups is 1. The van der Waals surface area contributed by atoms with Crippen LogP contribution in [0.2, 0.25) is 0 Å². The molecule has 3 saturated carbocycles. The number of ketones is 1. The molecule has 5 nitrogen and oxygen atoms in total. The summed E-state index contributed by atoms with van der Waals surface area (Å²) in [7, 11) is 0. The van der Waals surface area contributed by atoms with Crippen LogP contribution in [0.5, 0.6) is 5.75 Å². The summed E-state index contributed by atoms with van der Waals surface area (Å²) in [6.07, 6.45) is 9.27. The first-order valence-electron chi connectivity index (χ1n) is 13.0. The molecule has 0 spiro atoms. The Labute approximate surface area is 203 Å². The van der Waals surface area contributed by atoms with Crippen LogP contribution in [0.15, 0.2) is 30.3 Å². The van der Waals surface area contributed by atoms with Crippen molar-refractivity contribution in [3.8, 4) is 5.75 Å². The minimum Gasteiger partial charge on any atom is -0.494 e. The second-order valence-electron chi connectivity index (χ2n) is 11.1. The van der Waals surface area contributed by atoms with Crippen LogP contribution in [0, 0.1) is 28.6 Å². The Bertz CT molecular complexity index is 921. The SMILES string of the molecule is CCOc1ccc(/C=C/[C@H]2C[C@@H](O)CC[C@]2(C)C2CC[C@]3(C)C(=O)CCC3[C@@H]2OC(C)=O)cc1. The van der Waals surface area contributed by atoms with Crippen LogP contribution in [0.4, 0.5) is 0 Å². The number of fused-ring (bicyclic) bond motifs is 1. The lowest BCUT2D eigenvalue weighted by molar-refractivity contribution is -0.174. The molecule has 3 fully saturated rings. The van der Waals surface area contributed by atoms with Crippen molar-refractivity contribution in [2.75, 3.05) is 6.61 Å². The summed E-state index contributed by atoms with van der Waals surface area (Å²) in [6, 6.07) is 8.06. The minimum atomic E-state index is -0.380. The first-order chi connectivity index (χ1) is 16.2. The summed E-state index contributed by atoms with van der Waals surface area (Å²) < 4.78 is 11.6. The zero-order chi connectivity index (χ0) is 24.5. The third kappa shape index (κ3) is 4.68. The molecular weight excluding hydrogens is 428 g/mol.